The van der Waals surface area contributed by atoms with Gasteiger partial charge in [-0.3, -0.25) is 18.9 Å². The fraction of sp³-hybridized carbons (Fsp3) is 0.391. The second-order valence-electron chi connectivity index (χ2n) is 8.20. The topological polar surface area (TPSA) is 77.5 Å². The molecular weight excluding hydrogens is 430 g/mol. The zero-order chi connectivity index (χ0) is 22.9. The lowest BCUT2D eigenvalue weighted by atomic mass is 10.2. The molecule has 0 N–H and O–H groups in total. The van der Waals surface area contributed by atoms with Crippen molar-refractivity contribution in [2.75, 3.05) is 26.8 Å². The fourth-order valence-corrected chi connectivity index (χ4v) is 4.35. The summed E-state index contributed by atoms with van der Waals surface area (Å²) in [7, 11) is 1.60. The van der Waals surface area contributed by atoms with E-state index >= 15 is 0 Å². The third-order valence-electron chi connectivity index (χ3n) is 6.03. The SMILES string of the molecule is COCCn1nc(-c2cnc3c(F)cc(F)cn23)c2cnc(C(=O)N3CCCCCC3)cc21. The third kappa shape index (κ3) is 3.95. The van der Waals surface area contributed by atoms with Gasteiger partial charge in [0.1, 0.15) is 17.2 Å². The molecule has 0 aliphatic carbocycles. The molecule has 0 bridgehead atoms. The molecule has 10 heteroatoms. The van der Waals surface area contributed by atoms with Crippen LogP contribution in [0.4, 0.5) is 8.78 Å². The lowest BCUT2D eigenvalue weighted by molar-refractivity contribution is 0.0756. The molecule has 172 valence electrons. The number of imidazole rings is 1. The predicted octanol–water partition coefficient (Wildman–Crippen LogP) is 3.69. The molecule has 0 aromatic carbocycles. The van der Waals surface area contributed by atoms with Gasteiger partial charge in [-0.25, -0.2) is 13.8 Å². The maximum atomic E-state index is 14.2. The summed E-state index contributed by atoms with van der Waals surface area (Å²) in [4.78, 5) is 23.5. The van der Waals surface area contributed by atoms with Gasteiger partial charge >= 0.3 is 0 Å². The average molecular weight is 454 g/mol. The molecule has 4 aromatic heterocycles. The van der Waals surface area contributed by atoms with Gasteiger partial charge in [0, 0.05) is 44.0 Å². The first-order valence-corrected chi connectivity index (χ1v) is 11.0. The number of methoxy groups -OCH3 is 1. The molecule has 33 heavy (non-hydrogen) atoms. The predicted molar refractivity (Wildman–Crippen MR) is 118 cm³/mol. The number of aromatic nitrogens is 5. The molecule has 1 aliphatic rings. The Morgan fingerprint density at radius 2 is 1.88 bits per heavy atom. The van der Waals surface area contributed by atoms with Crippen molar-refractivity contribution < 1.29 is 18.3 Å². The van der Waals surface area contributed by atoms with E-state index in [1.54, 1.807) is 24.1 Å². The highest BCUT2D eigenvalue weighted by Crippen LogP contribution is 2.30. The van der Waals surface area contributed by atoms with Gasteiger partial charge in [-0.15, -0.1) is 0 Å². The lowest BCUT2D eigenvalue weighted by Crippen LogP contribution is -2.32. The molecule has 1 amide bonds. The zero-order valence-electron chi connectivity index (χ0n) is 18.3. The Morgan fingerprint density at radius 1 is 1.09 bits per heavy atom. The number of amides is 1. The fourth-order valence-electron chi connectivity index (χ4n) is 4.35. The highest BCUT2D eigenvalue weighted by Gasteiger charge is 2.23. The summed E-state index contributed by atoms with van der Waals surface area (Å²) in [5.41, 5.74) is 1.96. The van der Waals surface area contributed by atoms with Gasteiger partial charge in [-0.1, -0.05) is 12.8 Å². The van der Waals surface area contributed by atoms with Crippen LogP contribution in [0.25, 0.3) is 27.9 Å². The Balaban J connectivity index is 1.62. The summed E-state index contributed by atoms with van der Waals surface area (Å²) in [6.07, 6.45) is 8.47. The smallest absolute Gasteiger partial charge is 0.272 e. The van der Waals surface area contributed by atoms with E-state index in [0.717, 1.165) is 44.8 Å². The maximum Gasteiger partial charge on any atom is 0.272 e. The molecule has 0 radical (unpaired) electrons. The number of pyridine rings is 2. The van der Waals surface area contributed by atoms with Crippen LogP contribution in [0.5, 0.6) is 0 Å². The Bertz CT molecular complexity index is 1320. The molecule has 0 unspecified atom stereocenters. The number of carbonyl (C=O) groups excluding carboxylic acids is 1. The van der Waals surface area contributed by atoms with E-state index < -0.39 is 11.6 Å². The van der Waals surface area contributed by atoms with E-state index in [1.807, 2.05) is 4.90 Å². The summed E-state index contributed by atoms with van der Waals surface area (Å²) in [6, 6.07) is 2.53. The second-order valence-corrected chi connectivity index (χ2v) is 8.20. The van der Waals surface area contributed by atoms with Crippen molar-refractivity contribution in [3.8, 4) is 11.4 Å². The maximum absolute atomic E-state index is 14.2. The number of carbonyl (C=O) groups is 1. The molecule has 8 nitrogen and oxygen atoms in total. The van der Waals surface area contributed by atoms with Gasteiger partial charge in [-0.2, -0.15) is 5.10 Å². The molecule has 1 aliphatic heterocycles. The minimum Gasteiger partial charge on any atom is -0.383 e. The van der Waals surface area contributed by atoms with Crippen LogP contribution in [-0.2, 0) is 11.3 Å². The number of hydrogen-bond donors (Lipinski definition) is 0. The number of ether oxygens (including phenoxy) is 1. The van der Waals surface area contributed by atoms with Gasteiger partial charge in [-0.05, 0) is 18.9 Å². The number of fused-ring (bicyclic) bond motifs is 2. The van der Waals surface area contributed by atoms with Crippen molar-refractivity contribution in [3.05, 3.63) is 48.1 Å². The minimum absolute atomic E-state index is 0.00640. The lowest BCUT2D eigenvalue weighted by Gasteiger charge is -2.19. The van der Waals surface area contributed by atoms with Crippen molar-refractivity contribution in [1.29, 1.82) is 0 Å². The van der Waals surface area contributed by atoms with Gasteiger partial charge in [0.05, 0.1) is 30.6 Å². The van der Waals surface area contributed by atoms with E-state index in [2.05, 4.69) is 15.1 Å². The summed E-state index contributed by atoms with van der Waals surface area (Å²) >= 11 is 0. The van der Waals surface area contributed by atoms with Gasteiger partial charge in [0.15, 0.2) is 11.5 Å². The van der Waals surface area contributed by atoms with Crippen molar-refractivity contribution in [2.24, 2.45) is 0 Å². The Morgan fingerprint density at radius 3 is 2.64 bits per heavy atom. The number of rotatable bonds is 5. The summed E-state index contributed by atoms with van der Waals surface area (Å²) in [6.45, 7) is 2.30. The van der Waals surface area contributed by atoms with Crippen LogP contribution in [0.15, 0.2) is 30.7 Å². The molecule has 4 aromatic rings. The monoisotopic (exact) mass is 454 g/mol. The Labute approximate surface area is 188 Å². The van der Waals surface area contributed by atoms with Crippen LogP contribution in [0, 0.1) is 11.6 Å². The quantitative estimate of drug-likeness (QED) is 0.460. The molecule has 0 spiro atoms. The third-order valence-corrected chi connectivity index (χ3v) is 6.03. The van der Waals surface area contributed by atoms with Gasteiger partial charge < -0.3 is 9.64 Å². The highest BCUT2D eigenvalue weighted by atomic mass is 19.1. The molecule has 1 saturated heterocycles. The van der Waals surface area contributed by atoms with Crippen LogP contribution in [-0.4, -0.2) is 61.8 Å². The Hall–Kier alpha value is -3.40. The van der Waals surface area contributed by atoms with Gasteiger partial charge in [0.2, 0.25) is 0 Å². The van der Waals surface area contributed by atoms with Crippen LogP contribution in [0.3, 0.4) is 0 Å². The van der Waals surface area contributed by atoms with Crippen molar-refractivity contribution >= 4 is 22.5 Å². The van der Waals surface area contributed by atoms with E-state index in [-0.39, 0.29) is 11.6 Å². The van der Waals surface area contributed by atoms with E-state index in [0.29, 0.717) is 41.1 Å². The zero-order valence-corrected chi connectivity index (χ0v) is 18.3. The summed E-state index contributed by atoms with van der Waals surface area (Å²) in [5.74, 6) is -1.57. The highest BCUT2D eigenvalue weighted by molar-refractivity contribution is 5.99. The molecular formula is C23H24F2N6O2. The Kier molecular flexibility index (Phi) is 5.76. The number of nitrogens with zero attached hydrogens (tertiary/aromatic N) is 6. The van der Waals surface area contributed by atoms with E-state index in [9.17, 15) is 13.6 Å². The molecule has 0 saturated carbocycles. The summed E-state index contributed by atoms with van der Waals surface area (Å²) in [5, 5.41) is 5.33. The molecule has 1 fully saturated rings. The first-order valence-electron chi connectivity index (χ1n) is 11.0. The van der Waals surface area contributed by atoms with Crippen molar-refractivity contribution in [2.45, 2.75) is 32.2 Å². The largest absolute Gasteiger partial charge is 0.383 e. The van der Waals surface area contributed by atoms with Crippen LogP contribution >= 0.6 is 0 Å². The van der Waals surface area contributed by atoms with Crippen LogP contribution < -0.4 is 0 Å². The summed E-state index contributed by atoms with van der Waals surface area (Å²) < 4.78 is 36.4. The number of halogens is 2. The van der Waals surface area contributed by atoms with E-state index in [1.165, 1.54) is 16.8 Å². The van der Waals surface area contributed by atoms with Crippen LogP contribution in [0.2, 0.25) is 0 Å². The van der Waals surface area contributed by atoms with Gasteiger partial charge in [0.25, 0.3) is 5.91 Å². The standard InChI is InChI=1S/C23H24F2N6O2/c1-33-9-8-31-19-11-18(23(32)29-6-4-2-3-5-7-29)26-12-16(19)21(28-31)20-13-27-22-17(25)10-15(24)14-30(20)22/h10-14H,2-9H2,1H3. The normalized spacial score (nSPS) is 14.8. The molecule has 5 heterocycles. The first-order chi connectivity index (χ1) is 16.1. The average Bonchev–Trinajstić information content (AvgIpc) is 3.26. The molecule has 0 atom stereocenters. The van der Waals surface area contributed by atoms with Crippen molar-refractivity contribution in [1.82, 2.24) is 29.0 Å². The van der Waals surface area contributed by atoms with E-state index in [4.69, 9.17) is 4.74 Å². The molecule has 5 rings (SSSR count). The van der Waals surface area contributed by atoms with Crippen molar-refractivity contribution in [3.63, 3.8) is 0 Å². The minimum atomic E-state index is -0.757. The second kappa shape index (κ2) is 8.86. The first kappa shape index (κ1) is 21.4. The number of likely N-dealkylation sites (tertiary alicyclic amines) is 1. The number of hydrogen-bond acceptors (Lipinski definition) is 5. The van der Waals surface area contributed by atoms with Crippen LogP contribution in [0.1, 0.15) is 36.2 Å².